The molecule has 5 heteroatoms. The van der Waals surface area contributed by atoms with Crippen LogP contribution in [-0.2, 0) is 20.0 Å². The van der Waals surface area contributed by atoms with Gasteiger partial charge >= 0.3 is 8.56 Å². The smallest absolute Gasteiger partial charge is 0.371 e. The maximum Gasteiger partial charge on any atom is 0.371 e. The van der Waals surface area contributed by atoms with Crippen LogP contribution in [0.3, 0.4) is 0 Å². The summed E-state index contributed by atoms with van der Waals surface area (Å²) in [5.41, 5.74) is 7.41. The topological polar surface area (TPSA) is 53.7 Å². The van der Waals surface area contributed by atoms with Gasteiger partial charge in [-0.2, -0.15) is 0 Å². The Balaban J connectivity index is 2.59. The molecule has 2 unspecified atom stereocenters. The average molecular weight is 366 g/mol. The third-order valence-electron chi connectivity index (χ3n) is 6.25. The van der Waals surface area contributed by atoms with Gasteiger partial charge in [0, 0.05) is 26.7 Å². The second-order valence-electron chi connectivity index (χ2n) is 7.28. The molecule has 2 rings (SSSR count). The van der Waals surface area contributed by atoms with Crippen LogP contribution >= 0.6 is 0 Å². The molecule has 2 atom stereocenters. The molecule has 1 fully saturated rings. The Kier molecular flexibility index (Phi) is 7.23. The van der Waals surface area contributed by atoms with Crippen molar-refractivity contribution < 1.29 is 13.6 Å². The molecule has 0 bridgehead atoms. The van der Waals surface area contributed by atoms with Crippen LogP contribution in [0, 0.1) is 5.41 Å². The summed E-state index contributed by atoms with van der Waals surface area (Å²) in [4.78, 5) is 0. The number of ether oxygens (including phenoxy) is 1. The number of rotatable bonds is 9. The standard InChI is InChI=1S/C20H35NO3Si/c1-5-12-20(22-2)19(14-15-21,17-18-10-7-6-8-11-18)13-9-16-25(20,23-3)24-4/h6-8,10-11H,5,9,12-17,21H2,1-4H3. The maximum absolute atomic E-state index is 6.41. The highest BCUT2D eigenvalue weighted by molar-refractivity contribution is 6.71. The van der Waals surface area contributed by atoms with Crippen molar-refractivity contribution in [3.63, 3.8) is 0 Å². The van der Waals surface area contributed by atoms with E-state index in [1.54, 1.807) is 14.2 Å². The third-order valence-corrected chi connectivity index (χ3v) is 10.8. The zero-order valence-electron chi connectivity index (χ0n) is 16.3. The fraction of sp³-hybridized carbons (Fsp3) is 0.700. The minimum absolute atomic E-state index is 0.0512. The SMILES string of the molecule is CCCC1(OC)C(CCN)(Cc2ccccc2)CCC[Si]1(OC)OC. The van der Waals surface area contributed by atoms with E-state index >= 15 is 0 Å². The molecule has 0 saturated carbocycles. The van der Waals surface area contributed by atoms with Gasteiger partial charge in [-0.05, 0) is 43.8 Å². The van der Waals surface area contributed by atoms with E-state index in [2.05, 4.69) is 37.3 Å². The van der Waals surface area contributed by atoms with Gasteiger partial charge in [-0.25, -0.2) is 0 Å². The van der Waals surface area contributed by atoms with Crippen molar-refractivity contribution in [2.24, 2.45) is 11.1 Å². The molecule has 0 amide bonds. The van der Waals surface area contributed by atoms with Crippen LogP contribution in [0.2, 0.25) is 6.04 Å². The van der Waals surface area contributed by atoms with Gasteiger partial charge in [-0.15, -0.1) is 0 Å². The molecule has 0 aliphatic carbocycles. The lowest BCUT2D eigenvalue weighted by Gasteiger charge is -2.59. The van der Waals surface area contributed by atoms with E-state index in [9.17, 15) is 0 Å². The predicted octanol–water partition coefficient (Wildman–Crippen LogP) is 3.82. The van der Waals surface area contributed by atoms with E-state index in [1.807, 2.05) is 7.11 Å². The Hall–Kier alpha value is -0.723. The minimum Gasteiger partial charge on any atom is -0.396 e. The van der Waals surface area contributed by atoms with Gasteiger partial charge in [-0.3, -0.25) is 0 Å². The fourth-order valence-electron chi connectivity index (χ4n) is 5.28. The summed E-state index contributed by atoms with van der Waals surface area (Å²) >= 11 is 0. The van der Waals surface area contributed by atoms with Gasteiger partial charge < -0.3 is 19.3 Å². The Labute approximate surface area is 154 Å². The highest BCUT2D eigenvalue weighted by Gasteiger charge is 2.68. The van der Waals surface area contributed by atoms with Crippen molar-refractivity contribution in [1.29, 1.82) is 0 Å². The summed E-state index contributed by atoms with van der Waals surface area (Å²) in [5, 5.41) is -0.383. The lowest BCUT2D eigenvalue weighted by molar-refractivity contribution is -0.111. The molecule has 4 nitrogen and oxygen atoms in total. The van der Waals surface area contributed by atoms with Gasteiger partial charge in [0.1, 0.15) is 5.22 Å². The first kappa shape index (κ1) is 20.6. The summed E-state index contributed by atoms with van der Waals surface area (Å²) in [6.07, 6.45) is 6.09. The van der Waals surface area contributed by atoms with Gasteiger partial charge in [-0.1, -0.05) is 50.1 Å². The maximum atomic E-state index is 6.41. The summed E-state index contributed by atoms with van der Waals surface area (Å²) in [7, 11) is 2.92. The monoisotopic (exact) mass is 365 g/mol. The van der Waals surface area contributed by atoms with E-state index in [0.717, 1.165) is 44.6 Å². The van der Waals surface area contributed by atoms with E-state index in [1.165, 1.54) is 5.56 Å². The Morgan fingerprint density at radius 1 is 1.08 bits per heavy atom. The lowest BCUT2D eigenvalue weighted by Crippen LogP contribution is -2.73. The molecule has 1 aromatic rings. The third kappa shape index (κ3) is 3.45. The number of benzene rings is 1. The molecule has 25 heavy (non-hydrogen) atoms. The van der Waals surface area contributed by atoms with E-state index in [-0.39, 0.29) is 10.6 Å². The Morgan fingerprint density at radius 3 is 2.28 bits per heavy atom. The van der Waals surface area contributed by atoms with Crippen molar-refractivity contribution >= 4 is 8.56 Å². The van der Waals surface area contributed by atoms with Crippen molar-refractivity contribution in [2.75, 3.05) is 27.9 Å². The molecule has 2 N–H and O–H groups in total. The van der Waals surface area contributed by atoms with Crippen LogP contribution in [0.1, 0.15) is 44.6 Å². The zero-order chi connectivity index (χ0) is 18.4. The molecule has 1 aromatic carbocycles. The van der Waals surface area contributed by atoms with Gasteiger partial charge in [0.25, 0.3) is 0 Å². The van der Waals surface area contributed by atoms with Crippen molar-refractivity contribution in [1.82, 2.24) is 0 Å². The molecule has 1 aliphatic heterocycles. The minimum atomic E-state index is -2.54. The number of methoxy groups -OCH3 is 1. The molecule has 1 saturated heterocycles. The van der Waals surface area contributed by atoms with Crippen LogP contribution < -0.4 is 5.73 Å². The zero-order valence-corrected chi connectivity index (χ0v) is 17.3. The molecule has 0 spiro atoms. The van der Waals surface area contributed by atoms with Gasteiger partial charge in [0.15, 0.2) is 0 Å². The van der Waals surface area contributed by atoms with E-state index < -0.39 is 8.56 Å². The van der Waals surface area contributed by atoms with Crippen LogP contribution in [0.4, 0.5) is 0 Å². The van der Waals surface area contributed by atoms with Crippen molar-refractivity contribution in [3.05, 3.63) is 35.9 Å². The molecular weight excluding hydrogens is 330 g/mol. The Bertz CT molecular complexity index is 519. The Morgan fingerprint density at radius 2 is 1.76 bits per heavy atom. The molecule has 1 heterocycles. The molecule has 0 radical (unpaired) electrons. The van der Waals surface area contributed by atoms with Crippen molar-refractivity contribution in [2.45, 2.75) is 56.7 Å². The largest absolute Gasteiger partial charge is 0.396 e. The van der Waals surface area contributed by atoms with E-state index in [4.69, 9.17) is 19.3 Å². The van der Waals surface area contributed by atoms with Crippen LogP contribution in [-0.4, -0.2) is 41.7 Å². The average Bonchev–Trinajstić information content (AvgIpc) is 2.64. The molecule has 0 aromatic heterocycles. The van der Waals surface area contributed by atoms with Crippen molar-refractivity contribution in [3.8, 4) is 0 Å². The van der Waals surface area contributed by atoms with Gasteiger partial charge in [0.05, 0.1) is 0 Å². The van der Waals surface area contributed by atoms with Crippen LogP contribution in [0.15, 0.2) is 30.3 Å². The molecular formula is C20H35NO3Si. The summed E-state index contributed by atoms with van der Waals surface area (Å²) in [6.45, 7) is 2.87. The number of nitrogens with two attached hydrogens (primary N) is 1. The highest BCUT2D eigenvalue weighted by Crippen LogP contribution is 2.56. The number of hydrogen-bond acceptors (Lipinski definition) is 4. The summed E-state index contributed by atoms with van der Waals surface area (Å²) < 4.78 is 18.8. The second kappa shape index (κ2) is 8.78. The predicted molar refractivity (Wildman–Crippen MR) is 105 cm³/mol. The fourth-order valence-corrected chi connectivity index (χ4v) is 9.64. The quantitative estimate of drug-likeness (QED) is 0.676. The first-order valence-electron chi connectivity index (χ1n) is 9.48. The second-order valence-corrected chi connectivity index (χ2v) is 10.9. The highest BCUT2D eigenvalue weighted by atomic mass is 28.4. The lowest BCUT2D eigenvalue weighted by atomic mass is 9.68. The molecule has 1 aliphatic rings. The first-order chi connectivity index (χ1) is 12.1. The van der Waals surface area contributed by atoms with Gasteiger partial charge in [0.2, 0.25) is 0 Å². The van der Waals surface area contributed by atoms with Crippen LogP contribution in [0.5, 0.6) is 0 Å². The first-order valence-corrected chi connectivity index (χ1v) is 11.5. The van der Waals surface area contributed by atoms with E-state index in [0.29, 0.717) is 6.54 Å². The summed E-state index contributed by atoms with van der Waals surface area (Å²) in [6, 6.07) is 11.7. The summed E-state index contributed by atoms with van der Waals surface area (Å²) in [5.74, 6) is 0. The molecule has 142 valence electrons. The number of hydrogen-bond donors (Lipinski definition) is 1. The van der Waals surface area contributed by atoms with Crippen LogP contribution in [0.25, 0.3) is 0 Å². The normalized spacial score (nSPS) is 28.8.